The van der Waals surface area contributed by atoms with Crippen LogP contribution in [0.25, 0.3) is 0 Å². The number of carbonyl (C=O) groups excluding carboxylic acids is 2. The molecule has 0 spiro atoms. The van der Waals surface area contributed by atoms with Crippen molar-refractivity contribution < 1.29 is 14.5 Å². The molecule has 5 rings (SSSR count). The molecule has 2 bridgehead atoms. The average Bonchev–Trinajstić information content (AvgIpc) is 2.96. The molecular weight excluding hydrogens is 370 g/mol. The largest absolute Gasteiger partial charge is 0.273 e. The number of hydrogen-bond acceptors (Lipinski definition) is 4. The summed E-state index contributed by atoms with van der Waals surface area (Å²) in [5, 5.41) is 14.3. The van der Waals surface area contributed by atoms with Crippen molar-refractivity contribution in [3.63, 3.8) is 0 Å². The summed E-state index contributed by atoms with van der Waals surface area (Å²) >= 11 is 0. The Balaban J connectivity index is 1.45. The number of amides is 2. The SMILES string of the molecule is CC1CC2CC3CC(CC23)C1N1C(=O)C(C)(C)N1C(=O)c1ccc([N+](=O)[O-])cc1. The molecule has 3 aliphatic carbocycles. The highest BCUT2D eigenvalue weighted by Gasteiger charge is 2.62. The maximum absolute atomic E-state index is 13.4. The zero-order valence-corrected chi connectivity index (χ0v) is 17.1. The van der Waals surface area contributed by atoms with Crippen molar-refractivity contribution in [1.82, 2.24) is 10.0 Å². The van der Waals surface area contributed by atoms with E-state index in [1.54, 1.807) is 23.9 Å². The van der Waals surface area contributed by atoms with Gasteiger partial charge in [0.15, 0.2) is 0 Å². The molecule has 1 aromatic carbocycles. The quantitative estimate of drug-likeness (QED) is 0.576. The van der Waals surface area contributed by atoms with Crippen LogP contribution in [0.15, 0.2) is 24.3 Å². The van der Waals surface area contributed by atoms with Crippen molar-refractivity contribution in [2.45, 2.75) is 58.0 Å². The molecule has 1 aromatic rings. The highest BCUT2D eigenvalue weighted by atomic mass is 16.6. The fraction of sp³-hybridized carbons (Fsp3) is 0.636. The van der Waals surface area contributed by atoms with Crippen LogP contribution in [0.4, 0.5) is 5.69 Å². The molecule has 2 amide bonds. The van der Waals surface area contributed by atoms with E-state index in [0.29, 0.717) is 17.4 Å². The van der Waals surface area contributed by atoms with Gasteiger partial charge < -0.3 is 0 Å². The maximum Gasteiger partial charge on any atom is 0.273 e. The van der Waals surface area contributed by atoms with Crippen LogP contribution < -0.4 is 0 Å². The van der Waals surface area contributed by atoms with E-state index in [-0.39, 0.29) is 23.5 Å². The molecule has 4 fully saturated rings. The number of benzene rings is 1. The Morgan fingerprint density at radius 2 is 1.69 bits per heavy atom. The van der Waals surface area contributed by atoms with E-state index >= 15 is 0 Å². The standard InChI is InChI=1S/C22H27N3O4/c1-12-8-14-9-15-10-16(11-18(14)15)19(12)23-21(27)22(2,3)24(23)20(26)13-4-6-17(7-5-13)25(28)29/h4-7,12,14-16,18-19H,8-11H2,1-3H3. The zero-order chi connectivity index (χ0) is 20.7. The van der Waals surface area contributed by atoms with Crippen LogP contribution in [0.3, 0.4) is 0 Å². The first-order valence-corrected chi connectivity index (χ1v) is 10.6. The Bertz CT molecular complexity index is 896. The van der Waals surface area contributed by atoms with Gasteiger partial charge in [0.1, 0.15) is 5.54 Å². The van der Waals surface area contributed by atoms with E-state index in [9.17, 15) is 19.7 Å². The molecule has 1 aliphatic heterocycles. The molecule has 3 saturated carbocycles. The monoisotopic (exact) mass is 397 g/mol. The first-order chi connectivity index (χ1) is 13.7. The van der Waals surface area contributed by atoms with Gasteiger partial charge in [0, 0.05) is 17.7 Å². The summed E-state index contributed by atoms with van der Waals surface area (Å²) in [4.78, 5) is 36.9. The third-order valence-corrected chi connectivity index (χ3v) is 8.01. The van der Waals surface area contributed by atoms with Crippen molar-refractivity contribution in [3.8, 4) is 0 Å². The van der Waals surface area contributed by atoms with Gasteiger partial charge in [0.25, 0.3) is 17.5 Å². The Morgan fingerprint density at radius 3 is 2.34 bits per heavy atom. The maximum atomic E-state index is 13.4. The molecule has 6 unspecified atom stereocenters. The molecule has 1 saturated heterocycles. The highest BCUT2D eigenvalue weighted by molar-refractivity contribution is 6.04. The third-order valence-electron chi connectivity index (χ3n) is 8.01. The van der Waals surface area contributed by atoms with Crippen LogP contribution in [0.1, 0.15) is 56.8 Å². The van der Waals surface area contributed by atoms with Gasteiger partial charge in [0.05, 0.1) is 11.0 Å². The number of hydrazine groups is 1. The summed E-state index contributed by atoms with van der Waals surface area (Å²) in [7, 11) is 0. The van der Waals surface area contributed by atoms with Crippen LogP contribution in [0.2, 0.25) is 0 Å². The van der Waals surface area contributed by atoms with Gasteiger partial charge >= 0.3 is 0 Å². The minimum Gasteiger partial charge on any atom is -0.270 e. The third kappa shape index (κ3) is 2.49. The summed E-state index contributed by atoms with van der Waals surface area (Å²) in [6.45, 7) is 5.79. The van der Waals surface area contributed by atoms with Gasteiger partial charge in [-0.15, -0.1) is 0 Å². The minimum absolute atomic E-state index is 0.00337. The van der Waals surface area contributed by atoms with E-state index in [2.05, 4.69) is 6.92 Å². The van der Waals surface area contributed by atoms with E-state index in [4.69, 9.17) is 0 Å². The fourth-order valence-corrected chi connectivity index (χ4v) is 6.65. The normalized spacial score (nSPS) is 36.9. The first-order valence-electron chi connectivity index (χ1n) is 10.6. The van der Waals surface area contributed by atoms with Crippen molar-refractivity contribution in [3.05, 3.63) is 39.9 Å². The Kier molecular flexibility index (Phi) is 3.86. The molecule has 0 aromatic heterocycles. The lowest BCUT2D eigenvalue weighted by molar-refractivity contribution is -0.384. The van der Waals surface area contributed by atoms with Gasteiger partial charge in [-0.05, 0) is 81.3 Å². The van der Waals surface area contributed by atoms with E-state index < -0.39 is 10.5 Å². The average molecular weight is 397 g/mol. The van der Waals surface area contributed by atoms with E-state index in [1.165, 1.54) is 43.5 Å². The molecule has 0 N–H and O–H groups in total. The van der Waals surface area contributed by atoms with E-state index in [1.807, 2.05) is 0 Å². The smallest absolute Gasteiger partial charge is 0.270 e. The van der Waals surface area contributed by atoms with Crippen molar-refractivity contribution in [2.75, 3.05) is 0 Å². The molecule has 1 heterocycles. The summed E-state index contributed by atoms with van der Waals surface area (Å²) < 4.78 is 0. The second kappa shape index (κ2) is 6.03. The molecule has 7 nitrogen and oxygen atoms in total. The molecule has 4 aliphatic rings. The number of nitro benzene ring substituents is 1. The lowest BCUT2D eigenvalue weighted by Gasteiger charge is -2.60. The second-order valence-corrected chi connectivity index (χ2v) is 9.98. The van der Waals surface area contributed by atoms with Gasteiger partial charge in [-0.25, -0.2) is 10.0 Å². The predicted octanol–water partition coefficient (Wildman–Crippen LogP) is 3.64. The van der Waals surface area contributed by atoms with Crippen molar-refractivity contribution in [2.24, 2.45) is 29.6 Å². The number of nitro groups is 1. The molecule has 154 valence electrons. The second-order valence-electron chi connectivity index (χ2n) is 9.98. The summed E-state index contributed by atoms with van der Waals surface area (Å²) in [5.41, 5.74) is -0.577. The molecular formula is C22H27N3O4. The Labute approximate surface area is 170 Å². The number of fused-ring (bicyclic) bond motifs is 1. The number of non-ortho nitro benzene ring substituents is 1. The minimum atomic E-state index is -0.897. The molecule has 0 radical (unpaired) electrons. The number of hydrogen-bond donors (Lipinski definition) is 0. The number of rotatable bonds is 3. The lowest BCUT2D eigenvalue weighted by atomic mass is 9.63. The Morgan fingerprint density at radius 1 is 1.07 bits per heavy atom. The molecule has 7 heteroatoms. The van der Waals surface area contributed by atoms with Gasteiger partial charge in [-0.2, -0.15) is 0 Å². The van der Waals surface area contributed by atoms with Gasteiger partial charge in [-0.1, -0.05) is 6.92 Å². The van der Waals surface area contributed by atoms with Crippen LogP contribution >= 0.6 is 0 Å². The topological polar surface area (TPSA) is 83.8 Å². The fourth-order valence-electron chi connectivity index (χ4n) is 6.65. The van der Waals surface area contributed by atoms with Crippen LogP contribution in [0.5, 0.6) is 0 Å². The predicted molar refractivity (Wildman–Crippen MR) is 106 cm³/mol. The summed E-state index contributed by atoms with van der Waals surface area (Å²) in [6, 6.07) is 5.71. The summed E-state index contributed by atoms with van der Waals surface area (Å²) in [6.07, 6.45) is 4.81. The van der Waals surface area contributed by atoms with Crippen LogP contribution in [0, 0.1) is 39.7 Å². The molecule has 29 heavy (non-hydrogen) atoms. The van der Waals surface area contributed by atoms with Gasteiger partial charge in [-0.3, -0.25) is 19.7 Å². The Hall–Kier alpha value is -2.44. The van der Waals surface area contributed by atoms with E-state index in [0.717, 1.165) is 24.2 Å². The number of carbonyl (C=O) groups is 2. The van der Waals surface area contributed by atoms with Crippen LogP contribution in [-0.4, -0.2) is 38.3 Å². The zero-order valence-electron chi connectivity index (χ0n) is 17.1. The molecule has 6 atom stereocenters. The first kappa shape index (κ1) is 18.6. The highest BCUT2D eigenvalue weighted by Crippen LogP contribution is 2.61. The van der Waals surface area contributed by atoms with Crippen LogP contribution in [-0.2, 0) is 4.79 Å². The van der Waals surface area contributed by atoms with Crippen molar-refractivity contribution in [1.29, 1.82) is 0 Å². The number of nitrogens with zero attached hydrogens (tertiary/aromatic N) is 3. The lowest BCUT2D eigenvalue weighted by Crippen LogP contribution is -2.79. The summed E-state index contributed by atoms with van der Waals surface area (Å²) in [5.74, 6) is 2.97. The van der Waals surface area contributed by atoms with Gasteiger partial charge in [0.2, 0.25) is 0 Å². The van der Waals surface area contributed by atoms with Crippen molar-refractivity contribution >= 4 is 17.5 Å².